The highest BCUT2D eigenvalue weighted by atomic mass is 31.2. The van der Waals surface area contributed by atoms with Gasteiger partial charge in [-0.2, -0.15) is 0 Å². The predicted octanol–water partition coefficient (Wildman–Crippen LogP) is 16.9. The van der Waals surface area contributed by atoms with Crippen molar-refractivity contribution in [3.8, 4) is 0 Å². The maximum absolute atomic E-state index is 12.8. The standard InChI is InChI=1S/C54H111N2O6P/c1-3-5-7-9-11-13-15-17-18-19-20-21-22-23-24-25-26-27-28-29-30-31-32-33-34-35-36-38-40-42-44-46-48-54(58)56-52(51-62-63(59,60)61-50-49-55)53(57)47-45-43-41-39-37-16-14-12-10-8-6-4-2/h52-53,57H,3-51,55H2,1-2H3,(H,56,58)(H,59,60)/t52-,53+/m0/s1. The lowest BCUT2D eigenvalue weighted by atomic mass is 10.0. The summed E-state index contributed by atoms with van der Waals surface area (Å²) in [6, 6.07) is -0.768. The van der Waals surface area contributed by atoms with E-state index in [0.717, 1.165) is 38.5 Å². The molecule has 0 aliphatic rings. The summed E-state index contributed by atoms with van der Waals surface area (Å²) in [6.45, 7) is 4.25. The number of carbonyl (C=O) groups excluding carboxylic acids is 1. The number of phosphoric acid groups is 1. The SMILES string of the molecule is CCCCCCCCCCCCCCCCCCCCCCCCCCCCCCCCCCC(=O)N[C@@H](COP(=O)(O)OCCN)[C@H](O)CCCCCCCCCCCCCC. The van der Waals surface area contributed by atoms with E-state index in [1.165, 1.54) is 244 Å². The summed E-state index contributed by atoms with van der Waals surface area (Å²) in [4.78, 5) is 22.8. The third-order valence-corrected chi connectivity index (χ3v) is 14.2. The van der Waals surface area contributed by atoms with Gasteiger partial charge in [-0.25, -0.2) is 4.57 Å². The van der Waals surface area contributed by atoms with Crippen LogP contribution in [0.5, 0.6) is 0 Å². The molecule has 0 aliphatic carbocycles. The van der Waals surface area contributed by atoms with Crippen molar-refractivity contribution in [2.45, 2.75) is 321 Å². The first-order valence-corrected chi connectivity index (χ1v) is 29.6. The third kappa shape index (κ3) is 49.2. The minimum Gasteiger partial charge on any atom is -0.391 e. The molecule has 63 heavy (non-hydrogen) atoms. The summed E-state index contributed by atoms with van der Waals surface area (Å²) >= 11 is 0. The van der Waals surface area contributed by atoms with Gasteiger partial charge in [0.1, 0.15) is 0 Å². The fourth-order valence-corrected chi connectivity index (χ4v) is 9.73. The summed E-state index contributed by atoms with van der Waals surface area (Å²) in [7, 11) is -4.31. The lowest BCUT2D eigenvalue weighted by Crippen LogP contribution is -2.46. The minimum absolute atomic E-state index is 0.0926. The molecular formula is C54H111N2O6P. The molecule has 0 aromatic carbocycles. The van der Waals surface area contributed by atoms with Crippen molar-refractivity contribution >= 4 is 13.7 Å². The molecule has 9 heteroatoms. The molecule has 0 fully saturated rings. The number of rotatable bonds is 54. The fraction of sp³-hybridized carbons (Fsp3) is 0.981. The normalized spacial score (nSPS) is 13.7. The average Bonchev–Trinajstić information content (AvgIpc) is 3.27. The van der Waals surface area contributed by atoms with Crippen LogP contribution in [0.4, 0.5) is 0 Å². The number of aliphatic hydroxyl groups excluding tert-OH is 1. The van der Waals surface area contributed by atoms with Gasteiger partial charge in [-0.1, -0.05) is 290 Å². The molecule has 0 heterocycles. The van der Waals surface area contributed by atoms with E-state index < -0.39 is 20.0 Å². The maximum atomic E-state index is 12.8. The van der Waals surface area contributed by atoms with Crippen LogP contribution < -0.4 is 11.1 Å². The van der Waals surface area contributed by atoms with Gasteiger partial charge in [0.25, 0.3) is 0 Å². The average molecular weight is 915 g/mol. The van der Waals surface area contributed by atoms with Gasteiger partial charge in [-0.15, -0.1) is 0 Å². The molecule has 0 aliphatic heterocycles. The van der Waals surface area contributed by atoms with E-state index in [-0.39, 0.29) is 25.7 Å². The fourth-order valence-electron chi connectivity index (χ4n) is 8.97. The van der Waals surface area contributed by atoms with Crippen molar-refractivity contribution in [1.29, 1.82) is 0 Å². The van der Waals surface area contributed by atoms with Gasteiger partial charge in [0.15, 0.2) is 0 Å². The van der Waals surface area contributed by atoms with Gasteiger partial charge in [0.2, 0.25) is 5.91 Å². The zero-order valence-corrected chi connectivity index (χ0v) is 43.2. The Hall–Kier alpha value is -0.500. The van der Waals surface area contributed by atoms with Crippen LogP contribution in [0.2, 0.25) is 0 Å². The molecule has 0 radical (unpaired) electrons. The third-order valence-electron chi connectivity index (χ3n) is 13.2. The van der Waals surface area contributed by atoms with Crippen LogP contribution in [0.1, 0.15) is 309 Å². The Kier molecular flexibility index (Phi) is 50.5. The Morgan fingerprint density at radius 2 is 0.730 bits per heavy atom. The van der Waals surface area contributed by atoms with Gasteiger partial charge >= 0.3 is 7.82 Å². The summed E-state index contributed by atoms with van der Waals surface area (Å²) in [5, 5.41) is 13.8. The zero-order chi connectivity index (χ0) is 46.0. The number of nitrogens with one attached hydrogen (secondary N) is 1. The number of hydrogen-bond acceptors (Lipinski definition) is 6. The Morgan fingerprint density at radius 3 is 1.02 bits per heavy atom. The largest absolute Gasteiger partial charge is 0.472 e. The van der Waals surface area contributed by atoms with E-state index in [9.17, 15) is 19.4 Å². The second-order valence-electron chi connectivity index (χ2n) is 19.5. The number of hydrogen-bond donors (Lipinski definition) is 4. The first kappa shape index (κ1) is 62.5. The highest BCUT2D eigenvalue weighted by Crippen LogP contribution is 2.43. The monoisotopic (exact) mass is 915 g/mol. The Labute approximate surface area is 392 Å². The molecule has 5 N–H and O–H groups in total. The van der Waals surface area contributed by atoms with Crippen LogP contribution in [0.25, 0.3) is 0 Å². The summed E-state index contributed by atoms with van der Waals surface area (Å²) in [6.07, 6.45) is 58.8. The van der Waals surface area contributed by atoms with Crippen LogP contribution >= 0.6 is 7.82 Å². The number of aliphatic hydroxyl groups is 1. The highest BCUT2D eigenvalue weighted by Gasteiger charge is 2.27. The minimum atomic E-state index is -4.31. The van der Waals surface area contributed by atoms with Crippen LogP contribution in [-0.4, -0.2) is 47.8 Å². The molecule has 0 saturated carbocycles. The number of phosphoric ester groups is 1. The molecule has 0 aromatic rings. The first-order valence-electron chi connectivity index (χ1n) is 28.2. The lowest BCUT2D eigenvalue weighted by molar-refractivity contribution is -0.123. The zero-order valence-electron chi connectivity index (χ0n) is 42.4. The van der Waals surface area contributed by atoms with Crippen molar-refractivity contribution in [2.75, 3.05) is 19.8 Å². The van der Waals surface area contributed by atoms with E-state index in [4.69, 9.17) is 14.8 Å². The summed E-state index contributed by atoms with van der Waals surface area (Å²) < 4.78 is 22.3. The van der Waals surface area contributed by atoms with Crippen molar-refractivity contribution in [3.63, 3.8) is 0 Å². The number of nitrogens with two attached hydrogens (primary N) is 1. The second-order valence-corrected chi connectivity index (χ2v) is 21.0. The highest BCUT2D eigenvalue weighted by molar-refractivity contribution is 7.47. The molecule has 8 nitrogen and oxygen atoms in total. The number of carbonyl (C=O) groups is 1. The van der Waals surface area contributed by atoms with Gasteiger partial charge in [0, 0.05) is 13.0 Å². The Balaban J connectivity index is 3.76. The van der Waals surface area contributed by atoms with E-state index in [1.54, 1.807) is 0 Å². The van der Waals surface area contributed by atoms with Crippen molar-refractivity contribution < 1.29 is 28.4 Å². The van der Waals surface area contributed by atoms with E-state index in [1.807, 2.05) is 0 Å². The molecule has 0 aromatic heterocycles. The van der Waals surface area contributed by atoms with Crippen LogP contribution in [0.15, 0.2) is 0 Å². The quantitative estimate of drug-likeness (QED) is 0.0353. The molecule has 3 atom stereocenters. The Morgan fingerprint density at radius 1 is 0.460 bits per heavy atom. The molecule has 0 spiro atoms. The van der Waals surface area contributed by atoms with Gasteiger partial charge in [-0.3, -0.25) is 13.8 Å². The number of unbranched alkanes of at least 4 members (excludes halogenated alkanes) is 42. The molecule has 0 bridgehead atoms. The van der Waals surface area contributed by atoms with Gasteiger partial charge in [0.05, 0.1) is 25.4 Å². The number of amides is 1. The topological polar surface area (TPSA) is 131 Å². The second kappa shape index (κ2) is 50.9. The van der Waals surface area contributed by atoms with Gasteiger partial charge < -0.3 is 21.1 Å². The molecule has 1 unspecified atom stereocenters. The van der Waals surface area contributed by atoms with Crippen LogP contribution in [-0.2, 0) is 18.4 Å². The van der Waals surface area contributed by atoms with Crippen molar-refractivity contribution in [3.05, 3.63) is 0 Å². The van der Waals surface area contributed by atoms with Crippen LogP contribution in [0.3, 0.4) is 0 Å². The van der Waals surface area contributed by atoms with Crippen LogP contribution in [0, 0.1) is 0 Å². The Bertz CT molecular complexity index is 957. The smallest absolute Gasteiger partial charge is 0.391 e. The van der Waals surface area contributed by atoms with Gasteiger partial charge in [-0.05, 0) is 12.8 Å². The summed E-state index contributed by atoms with van der Waals surface area (Å²) in [5.41, 5.74) is 5.40. The first-order chi connectivity index (χ1) is 30.9. The molecule has 0 saturated heterocycles. The van der Waals surface area contributed by atoms with E-state index >= 15 is 0 Å². The van der Waals surface area contributed by atoms with E-state index in [2.05, 4.69) is 19.2 Å². The van der Waals surface area contributed by atoms with Crippen molar-refractivity contribution in [1.82, 2.24) is 5.32 Å². The summed E-state index contributed by atoms with van der Waals surface area (Å²) in [5.74, 6) is -0.154. The maximum Gasteiger partial charge on any atom is 0.472 e. The molecule has 1 amide bonds. The van der Waals surface area contributed by atoms with E-state index in [0.29, 0.717) is 12.8 Å². The molecular weight excluding hydrogens is 804 g/mol. The lowest BCUT2D eigenvalue weighted by Gasteiger charge is -2.25. The molecule has 378 valence electrons. The predicted molar refractivity (Wildman–Crippen MR) is 272 cm³/mol. The van der Waals surface area contributed by atoms with Crippen molar-refractivity contribution in [2.24, 2.45) is 5.73 Å². The molecule has 0 rings (SSSR count).